The van der Waals surface area contributed by atoms with Crippen molar-refractivity contribution in [3.05, 3.63) is 112 Å². The second-order valence-electron chi connectivity index (χ2n) is 13.2. The Morgan fingerprint density at radius 2 is 1.70 bits per heavy atom. The first-order chi connectivity index (χ1) is 21.5. The summed E-state index contributed by atoms with van der Waals surface area (Å²) < 4.78 is 0. The van der Waals surface area contributed by atoms with E-state index >= 15 is 0 Å². The van der Waals surface area contributed by atoms with E-state index in [4.69, 9.17) is 0 Å². The summed E-state index contributed by atoms with van der Waals surface area (Å²) in [6.45, 7) is 5.17. The molecule has 7 rings (SSSR count). The van der Waals surface area contributed by atoms with Gasteiger partial charge < -0.3 is 10.4 Å². The molecule has 2 N–H and O–H groups in total. The maximum absolute atomic E-state index is 13.5. The molecule has 0 radical (unpaired) electrons. The first-order valence-electron chi connectivity index (χ1n) is 16.5. The molecule has 2 heterocycles. The number of allylic oxidation sites excluding steroid dienone is 3. The molecule has 3 aromatic carbocycles. The van der Waals surface area contributed by atoms with Crippen molar-refractivity contribution in [2.45, 2.75) is 76.7 Å². The highest BCUT2D eigenvalue weighted by Gasteiger charge is 2.31. The van der Waals surface area contributed by atoms with E-state index in [9.17, 15) is 9.90 Å². The van der Waals surface area contributed by atoms with E-state index < -0.39 is 0 Å². The molecule has 1 amide bonds. The van der Waals surface area contributed by atoms with Crippen molar-refractivity contribution in [1.82, 2.24) is 4.90 Å². The zero-order valence-electron chi connectivity index (χ0n) is 25.8. The van der Waals surface area contributed by atoms with Crippen LogP contribution in [-0.2, 0) is 11.3 Å². The van der Waals surface area contributed by atoms with Gasteiger partial charge in [-0.05, 0) is 141 Å². The van der Waals surface area contributed by atoms with Gasteiger partial charge in [0.25, 0.3) is 5.91 Å². The molecule has 2 unspecified atom stereocenters. The number of aliphatic imine (C=N–C) groups is 1. The van der Waals surface area contributed by atoms with Crippen LogP contribution in [0.4, 0.5) is 11.4 Å². The van der Waals surface area contributed by atoms with Crippen LogP contribution in [0, 0.1) is 12.8 Å². The molecule has 0 bridgehead atoms. The fraction of sp³-hybridized carbons (Fsp3) is 0.385. The van der Waals surface area contributed by atoms with Gasteiger partial charge in [-0.25, -0.2) is 0 Å². The summed E-state index contributed by atoms with van der Waals surface area (Å²) in [6, 6.07) is 23.0. The quantitative estimate of drug-likeness (QED) is 0.304. The molecule has 1 saturated carbocycles. The second kappa shape index (κ2) is 12.6. The predicted molar refractivity (Wildman–Crippen MR) is 179 cm³/mol. The fourth-order valence-electron chi connectivity index (χ4n) is 7.81. The average Bonchev–Trinajstić information content (AvgIpc) is 3.33. The second-order valence-corrected chi connectivity index (χ2v) is 13.2. The average molecular weight is 586 g/mol. The lowest BCUT2D eigenvalue weighted by Crippen LogP contribution is -2.35. The monoisotopic (exact) mass is 585 g/mol. The topological polar surface area (TPSA) is 64.9 Å². The molecule has 0 aromatic heterocycles. The molecular weight excluding hydrogens is 542 g/mol. The summed E-state index contributed by atoms with van der Waals surface area (Å²) in [4.78, 5) is 20.7. The van der Waals surface area contributed by atoms with Gasteiger partial charge in [-0.2, -0.15) is 0 Å². The van der Waals surface area contributed by atoms with Crippen molar-refractivity contribution < 1.29 is 9.90 Å². The minimum absolute atomic E-state index is 0.0690. The molecule has 5 heteroatoms. The van der Waals surface area contributed by atoms with Crippen LogP contribution >= 0.6 is 0 Å². The number of carbonyl (C=O) groups excluding carboxylic acids is 1. The van der Waals surface area contributed by atoms with Crippen LogP contribution in [-0.4, -0.2) is 35.2 Å². The van der Waals surface area contributed by atoms with Crippen LogP contribution in [0.2, 0.25) is 0 Å². The lowest BCUT2D eigenvalue weighted by molar-refractivity contribution is -0.113. The first kappa shape index (κ1) is 28.8. The summed E-state index contributed by atoms with van der Waals surface area (Å²) in [6.07, 6.45) is 12.8. The third-order valence-electron chi connectivity index (χ3n) is 10.4. The highest BCUT2D eigenvalue weighted by atomic mass is 16.3. The standard InChI is InChI=1S/C39H43N3O2/c1-26-5-9-28(10-6-26)29-11-12-30-3-2-4-35(34(30)17-13-29)39(44)41-32-14-7-27(8-15-32)25-42-21-19-31(20-22-42)37-24-40-38-18-16-33(43)23-36(37)38/h3,5-10,14-16,18,23-24,29,31,37,43H,2,4,11-13,17,19-22,25H2,1H3,(H,41,44). The molecule has 2 fully saturated rings. The van der Waals surface area contributed by atoms with Gasteiger partial charge >= 0.3 is 0 Å². The van der Waals surface area contributed by atoms with E-state index in [1.807, 2.05) is 12.1 Å². The zero-order valence-corrected chi connectivity index (χ0v) is 25.8. The maximum atomic E-state index is 13.5. The number of carbonyl (C=O) groups is 1. The third-order valence-corrected chi connectivity index (χ3v) is 10.4. The third kappa shape index (κ3) is 6.16. The van der Waals surface area contributed by atoms with Gasteiger partial charge in [-0.1, -0.05) is 48.0 Å². The Morgan fingerprint density at radius 1 is 0.932 bits per heavy atom. The van der Waals surface area contributed by atoms with Crippen LogP contribution in [0.3, 0.4) is 0 Å². The Morgan fingerprint density at radius 3 is 2.50 bits per heavy atom. The number of amides is 1. The molecule has 0 spiro atoms. The Bertz CT molecular complexity index is 1610. The van der Waals surface area contributed by atoms with Gasteiger partial charge in [-0.3, -0.25) is 14.7 Å². The number of fused-ring (bicyclic) bond motifs is 2. The summed E-state index contributed by atoms with van der Waals surface area (Å²) in [5, 5.41) is 13.2. The molecule has 2 aliphatic carbocycles. The van der Waals surface area contributed by atoms with Crippen molar-refractivity contribution in [1.29, 1.82) is 0 Å². The highest BCUT2D eigenvalue weighted by Crippen LogP contribution is 2.43. The number of nitrogens with zero attached hydrogens (tertiary/aromatic N) is 2. The molecule has 1 saturated heterocycles. The minimum Gasteiger partial charge on any atom is -0.508 e. The number of hydrogen-bond donors (Lipinski definition) is 2. The van der Waals surface area contributed by atoms with E-state index in [2.05, 4.69) is 83.0 Å². The van der Waals surface area contributed by atoms with E-state index in [1.54, 1.807) is 6.07 Å². The van der Waals surface area contributed by atoms with E-state index in [-0.39, 0.29) is 5.91 Å². The fourth-order valence-corrected chi connectivity index (χ4v) is 7.81. The van der Waals surface area contributed by atoms with E-state index in [1.165, 1.54) is 33.4 Å². The molecular formula is C39H43N3O2. The van der Waals surface area contributed by atoms with E-state index in [0.717, 1.165) is 87.9 Å². The predicted octanol–water partition coefficient (Wildman–Crippen LogP) is 8.73. The Labute approximate surface area is 261 Å². The van der Waals surface area contributed by atoms with Gasteiger partial charge in [0.15, 0.2) is 0 Å². The van der Waals surface area contributed by atoms with Crippen molar-refractivity contribution in [2.75, 3.05) is 18.4 Å². The summed E-state index contributed by atoms with van der Waals surface area (Å²) in [5.41, 5.74) is 10.7. The van der Waals surface area contributed by atoms with Crippen molar-refractivity contribution in [3.63, 3.8) is 0 Å². The first-order valence-corrected chi connectivity index (χ1v) is 16.5. The molecule has 2 aliphatic heterocycles. The zero-order chi connectivity index (χ0) is 30.0. The molecule has 2 atom stereocenters. The number of phenols is 1. The van der Waals surface area contributed by atoms with Crippen molar-refractivity contribution in [2.24, 2.45) is 10.9 Å². The number of phenolic OH excluding ortho intramolecular Hbond substituents is 1. The SMILES string of the molecule is Cc1ccc(C2CCC3=CCCC(C(=O)Nc4ccc(CN5CCC(C6C=Nc7ccc(O)cc76)CC5)cc4)=C3CC2)cc1. The molecule has 226 valence electrons. The van der Waals surface area contributed by atoms with Crippen LogP contribution in [0.5, 0.6) is 5.75 Å². The van der Waals surface area contributed by atoms with Gasteiger partial charge in [-0.15, -0.1) is 0 Å². The summed E-state index contributed by atoms with van der Waals surface area (Å²) in [5.74, 6) is 1.81. The Hall–Kier alpha value is -3.96. The number of anilines is 1. The normalized spacial score (nSPS) is 22.2. The number of rotatable bonds is 6. The Balaban J connectivity index is 0.938. The number of hydrogen-bond acceptors (Lipinski definition) is 4. The lowest BCUT2D eigenvalue weighted by Gasteiger charge is -2.34. The number of piperidine rings is 1. The minimum atomic E-state index is 0.0690. The van der Waals surface area contributed by atoms with E-state index in [0.29, 0.717) is 23.5 Å². The van der Waals surface area contributed by atoms with Crippen LogP contribution in [0.15, 0.2) is 94.5 Å². The maximum Gasteiger partial charge on any atom is 0.251 e. The largest absolute Gasteiger partial charge is 0.508 e. The lowest BCUT2D eigenvalue weighted by atomic mass is 9.81. The molecule has 5 nitrogen and oxygen atoms in total. The summed E-state index contributed by atoms with van der Waals surface area (Å²) >= 11 is 0. The molecule has 44 heavy (non-hydrogen) atoms. The molecule has 4 aliphatic rings. The van der Waals surface area contributed by atoms with Gasteiger partial charge in [0, 0.05) is 29.9 Å². The van der Waals surface area contributed by atoms with Crippen LogP contribution < -0.4 is 5.32 Å². The number of aryl methyl sites for hydroxylation is 1. The summed E-state index contributed by atoms with van der Waals surface area (Å²) in [7, 11) is 0. The highest BCUT2D eigenvalue weighted by molar-refractivity contribution is 6.05. The van der Waals surface area contributed by atoms with Crippen LogP contribution in [0.1, 0.15) is 85.5 Å². The van der Waals surface area contributed by atoms with Crippen LogP contribution in [0.25, 0.3) is 0 Å². The van der Waals surface area contributed by atoms with Gasteiger partial charge in [0.2, 0.25) is 0 Å². The molecule has 3 aromatic rings. The number of benzene rings is 3. The van der Waals surface area contributed by atoms with Crippen molar-refractivity contribution in [3.8, 4) is 5.75 Å². The Kier molecular flexibility index (Phi) is 8.22. The van der Waals surface area contributed by atoms with Crippen molar-refractivity contribution >= 4 is 23.5 Å². The number of aromatic hydroxyl groups is 1. The van der Waals surface area contributed by atoms with Gasteiger partial charge in [0.1, 0.15) is 5.75 Å². The van der Waals surface area contributed by atoms with Gasteiger partial charge in [0.05, 0.1) is 5.69 Å². The number of nitrogens with one attached hydrogen (secondary N) is 1. The smallest absolute Gasteiger partial charge is 0.251 e. The number of likely N-dealkylation sites (tertiary alicyclic amines) is 1.